The van der Waals surface area contributed by atoms with Crippen LogP contribution in [0.2, 0.25) is 0 Å². The van der Waals surface area contributed by atoms with Crippen molar-refractivity contribution in [3.05, 3.63) is 89.3 Å². The highest BCUT2D eigenvalue weighted by molar-refractivity contribution is 5.96. The van der Waals surface area contributed by atoms with Crippen molar-refractivity contribution < 1.29 is 9.18 Å². The first-order valence-electron chi connectivity index (χ1n) is 9.07. The van der Waals surface area contributed by atoms with Gasteiger partial charge in [0, 0.05) is 24.5 Å². The Kier molecular flexibility index (Phi) is 5.69. The number of hydrogen-bond donors (Lipinski definition) is 1. The first-order chi connectivity index (χ1) is 13.0. The molecule has 0 saturated heterocycles. The molecule has 0 saturated carbocycles. The van der Waals surface area contributed by atoms with Gasteiger partial charge in [0.2, 0.25) is 0 Å². The van der Waals surface area contributed by atoms with E-state index in [9.17, 15) is 9.18 Å². The van der Waals surface area contributed by atoms with E-state index >= 15 is 0 Å². The maximum Gasteiger partial charge on any atom is 0.252 e. The lowest BCUT2D eigenvalue weighted by atomic mass is 9.95. The van der Waals surface area contributed by atoms with Crippen LogP contribution in [0.3, 0.4) is 0 Å². The van der Waals surface area contributed by atoms with Crippen LogP contribution in [0.4, 0.5) is 4.39 Å². The van der Waals surface area contributed by atoms with Gasteiger partial charge in [-0.25, -0.2) is 9.37 Å². The van der Waals surface area contributed by atoms with Crippen LogP contribution in [0.5, 0.6) is 0 Å². The smallest absolute Gasteiger partial charge is 0.252 e. The fourth-order valence-corrected chi connectivity index (χ4v) is 3.16. The van der Waals surface area contributed by atoms with Crippen molar-refractivity contribution in [1.82, 2.24) is 14.9 Å². The SMILES string of the molecule is Cc1nccn1Cc1ccccc1C(=O)NC(c1ccc(F)cc1)C(C)C. The third kappa shape index (κ3) is 4.42. The van der Waals surface area contributed by atoms with Crippen LogP contribution in [-0.2, 0) is 6.54 Å². The van der Waals surface area contributed by atoms with Gasteiger partial charge in [-0.1, -0.05) is 44.2 Å². The molecule has 3 rings (SSSR count). The topological polar surface area (TPSA) is 46.9 Å². The second kappa shape index (κ2) is 8.16. The molecule has 1 heterocycles. The van der Waals surface area contributed by atoms with E-state index < -0.39 is 0 Å². The summed E-state index contributed by atoms with van der Waals surface area (Å²) in [5.74, 6) is 0.652. The molecule has 140 valence electrons. The normalized spacial score (nSPS) is 12.2. The highest BCUT2D eigenvalue weighted by atomic mass is 19.1. The van der Waals surface area contributed by atoms with E-state index in [0.29, 0.717) is 12.1 Å². The van der Waals surface area contributed by atoms with Gasteiger partial charge in [-0.05, 0) is 42.2 Å². The van der Waals surface area contributed by atoms with Crippen LogP contribution >= 0.6 is 0 Å². The van der Waals surface area contributed by atoms with Gasteiger partial charge in [0.05, 0.1) is 6.04 Å². The Morgan fingerprint density at radius 2 is 1.85 bits per heavy atom. The minimum atomic E-state index is -0.284. The summed E-state index contributed by atoms with van der Waals surface area (Å²) >= 11 is 0. The Balaban J connectivity index is 1.84. The first kappa shape index (κ1) is 18.8. The zero-order valence-corrected chi connectivity index (χ0v) is 15.8. The van der Waals surface area contributed by atoms with Crippen molar-refractivity contribution in [1.29, 1.82) is 0 Å². The van der Waals surface area contributed by atoms with Gasteiger partial charge in [0.1, 0.15) is 11.6 Å². The van der Waals surface area contributed by atoms with Crippen LogP contribution < -0.4 is 5.32 Å². The second-order valence-electron chi connectivity index (χ2n) is 7.01. The highest BCUT2D eigenvalue weighted by Gasteiger charge is 2.21. The van der Waals surface area contributed by atoms with E-state index in [2.05, 4.69) is 10.3 Å². The fourth-order valence-electron chi connectivity index (χ4n) is 3.16. The molecule has 2 aromatic carbocycles. The molecular formula is C22H24FN3O. The number of carbonyl (C=O) groups excluding carboxylic acids is 1. The summed E-state index contributed by atoms with van der Waals surface area (Å²) < 4.78 is 15.3. The first-order valence-corrected chi connectivity index (χ1v) is 9.07. The van der Waals surface area contributed by atoms with Crippen molar-refractivity contribution in [2.45, 2.75) is 33.4 Å². The van der Waals surface area contributed by atoms with E-state index in [-0.39, 0.29) is 23.7 Å². The van der Waals surface area contributed by atoms with Gasteiger partial charge in [-0.15, -0.1) is 0 Å². The average Bonchev–Trinajstić information content (AvgIpc) is 3.05. The van der Waals surface area contributed by atoms with Crippen LogP contribution in [0.25, 0.3) is 0 Å². The molecule has 1 amide bonds. The summed E-state index contributed by atoms with van der Waals surface area (Å²) in [5.41, 5.74) is 2.46. The van der Waals surface area contributed by atoms with Gasteiger partial charge < -0.3 is 9.88 Å². The van der Waals surface area contributed by atoms with Gasteiger partial charge in [-0.3, -0.25) is 4.79 Å². The Morgan fingerprint density at radius 1 is 1.15 bits per heavy atom. The number of nitrogens with one attached hydrogen (secondary N) is 1. The molecule has 0 aliphatic rings. The lowest BCUT2D eigenvalue weighted by Gasteiger charge is -2.23. The molecular weight excluding hydrogens is 341 g/mol. The van der Waals surface area contributed by atoms with Crippen molar-refractivity contribution in [3.8, 4) is 0 Å². The number of nitrogens with zero attached hydrogens (tertiary/aromatic N) is 2. The molecule has 5 heteroatoms. The van der Waals surface area contributed by atoms with Crippen LogP contribution in [-0.4, -0.2) is 15.5 Å². The summed E-state index contributed by atoms with van der Waals surface area (Å²) in [6.07, 6.45) is 3.65. The Morgan fingerprint density at radius 3 is 2.48 bits per heavy atom. The second-order valence-corrected chi connectivity index (χ2v) is 7.01. The maximum atomic E-state index is 13.2. The molecule has 0 aliphatic heterocycles. The van der Waals surface area contributed by atoms with Crippen molar-refractivity contribution >= 4 is 5.91 Å². The fraction of sp³-hybridized carbons (Fsp3) is 0.273. The number of imidazole rings is 1. The number of halogens is 1. The molecule has 1 atom stereocenters. The molecule has 0 aliphatic carbocycles. The van der Waals surface area contributed by atoms with E-state index in [1.807, 2.05) is 55.8 Å². The predicted molar refractivity (Wildman–Crippen MR) is 104 cm³/mol. The number of aromatic nitrogens is 2. The van der Waals surface area contributed by atoms with Crippen molar-refractivity contribution in [2.24, 2.45) is 5.92 Å². The maximum absolute atomic E-state index is 13.2. The lowest BCUT2D eigenvalue weighted by Crippen LogP contribution is -2.32. The number of aryl methyl sites for hydroxylation is 1. The number of benzene rings is 2. The monoisotopic (exact) mass is 365 g/mol. The molecule has 3 aromatic rings. The molecule has 0 fully saturated rings. The summed E-state index contributed by atoms with van der Waals surface area (Å²) in [5, 5.41) is 3.12. The quantitative estimate of drug-likeness (QED) is 0.699. The predicted octanol–water partition coefficient (Wildman–Crippen LogP) is 4.51. The van der Waals surface area contributed by atoms with E-state index in [1.54, 1.807) is 18.3 Å². The zero-order valence-electron chi connectivity index (χ0n) is 15.8. The minimum absolute atomic E-state index is 0.133. The van der Waals surface area contributed by atoms with Crippen molar-refractivity contribution in [2.75, 3.05) is 0 Å². The third-order valence-corrected chi connectivity index (χ3v) is 4.71. The molecule has 0 radical (unpaired) electrons. The zero-order chi connectivity index (χ0) is 19.4. The van der Waals surface area contributed by atoms with Crippen LogP contribution in [0, 0.1) is 18.7 Å². The Labute approximate surface area is 159 Å². The molecule has 1 N–H and O–H groups in total. The lowest BCUT2D eigenvalue weighted by molar-refractivity contribution is 0.0924. The molecule has 0 spiro atoms. The van der Waals surface area contributed by atoms with Gasteiger partial charge in [0.15, 0.2) is 0 Å². The van der Waals surface area contributed by atoms with E-state index in [1.165, 1.54) is 12.1 Å². The Bertz CT molecular complexity index is 915. The molecule has 27 heavy (non-hydrogen) atoms. The number of carbonyl (C=O) groups is 1. The number of hydrogen-bond acceptors (Lipinski definition) is 2. The average molecular weight is 365 g/mol. The molecule has 0 bridgehead atoms. The number of rotatable bonds is 6. The number of amides is 1. The minimum Gasteiger partial charge on any atom is -0.345 e. The standard InChI is InChI=1S/C22H24FN3O/c1-15(2)21(17-8-10-19(23)11-9-17)25-22(27)20-7-5-4-6-18(20)14-26-13-12-24-16(26)3/h4-13,15,21H,14H2,1-3H3,(H,25,27). The summed E-state index contributed by atoms with van der Waals surface area (Å²) in [6.45, 7) is 6.59. The molecule has 4 nitrogen and oxygen atoms in total. The largest absolute Gasteiger partial charge is 0.345 e. The van der Waals surface area contributed by atoms with E-state index in [0.717, 1.165) is 17.0 Å². The van der Waals surface area contributed by atoms with Gasteiger partial charge >= 0.3 is 0 Å². The third-order valence-electron chi connectivity index (χ3n) is 4.71. The van der Waals surface area contributed by atoms with E-state index in [4.69, 9.17) is 0 Å². The summed E-state index contributed by atoms with van der Waals surface area (Å²) in [4.78, 5) is 17.3. The Hall–Kier alpha value is -2.95. The molecule has 1 aromatic heterocycles. The molecule has 1 unspecified atom stereocenters. The van der Waals surface area contributed by atoms with Crippen molar-refractivity contribution in [3.63, 3.8) is 0 Å². The van der Waals surface area contributed by atoms with Crippen LogP contribution in [0.15, 0.2) is 60.9 Å². The van der Waals surface area contributed by atoms with Gasteiger partial charge in [0.25, 0.3) is 5.91 Å². The summed E-state index contributed by atoms with van der Waals surface area (Å²) in [6, 6.07) is 13.7. The summed E-state index contributed by atoms with van der Waals surface area (Å²) in [7, 11) is 0. The van der Waals surface area contributed by atoms with Crippen LogP contribution in [0.1, 0.15) is 47.2 Å². The van der Waals surface area contributed by atoms with Gasteiger partial charge in [-0.2, -0.15) is 0 Å². The highest BCUT2D eigenvalue weighted by Crippen LogP contribution is 2.23.